The second-order valence-electron chi connectivity index (χ2n) is 3.19. The van der Waals surface area contributed by atoms with Gasteiger partial charge in [0.15, 0.2) is 0 Å². The van der Waals surface area contributed by atoms with Gasteiger partial charge in [0.05, 0.1) is 0 Å². The molecule has 1 heteroatoms. The highest BCUT2D eigenvalue weighted by atomic mass is 15.1. The van der Waals surface area contributed by atoms with E-state index >= 15 is 0 Å². The van der Waals surface area contributed by atoms with Crippen LogP contribution in [-0.4, -0.2) is 11.9 Å². The highest BCUT2D eigenvalue weighted by Gasteiger charge is 2.02. The van der Waals surface area contributed by atoms with Crippen LogP contribution in [0.2, 0.25) is 0 Å². The minimum absolute atomic E-state index is 1.06. The number of allylic oxidation sites excluding steroid dienone is 8. The Morgan fingerprint density at radius 3 is 1.80 bits per heavy atom. The maximum atomic E-state index is 3.82. The van der Waals surface area contributed by atoms with E-state index in [0.29, 0.717) is 0 Å². The minimum atomic E-state index is 1.06. The minimum Gasteiger partial charge on any atom is -0.345 e. The predicted octanol–water partition coefficient (Wildman–Crippen LogP) is 6.26. The number of rotatable bonds is 6. The lowest BCUT2D eigenvalue weighted by Gasteiger charge is -2.21. The lowest BCUT2D eigenvalue weighted by atomic mass is 10.2. The molecule has 0 aromatic rings. The molecule has 0 aliphatic carbocycles. The van der Waals surface area contributed by atoms with E-state index < -0.39 is 0 Å². The van der Waals surface area contributed by atoms with Crippen molar-refractivity contribution in [3.05, 3.63) is 73.2 Å². The van der Waals surface area contributed by atoms with Crippen molar-refractivity contribution in [3.63, 3.8) is 0 Å². The maximum absolute atomic E-state index is 3.82. The first kappa shape index (κ1) is 23.3. The van der Waals surface area contributed by atoms with Crippen LogP contribution >= 0.6 is 0 Å². The molecule has 0 bridgehead atoms. The predicted molar refractivity (Wildman–Crippen MR) is 96.6 cm³/mol. The second-order valence-corrected chi connectivity index (χ2v) is 3.19. The topological polar surface area (TPSA) is 3.24 Å². The van der Waals surface area contributed by atoms with E-state index in [0.717, 1.165) is 11.4 Å². The van der Waals surface area contributed by atoms with Gasteiger partial charge in [-0.05, 0) is 32.1 Å². The SMILES string of the molecule is C=C/C=C\C(=C/C)N(C)/C(C=C)=C/C=C\C.CC.CC. The number of hydrogen-bond donors (Lipinski definition) is 0. The molecule has 0 atom stereocenters. The summed E-state index contributed by atoms with van der Waals surface area (Å²) in [5.41, 5.74) is 2.16. The highest BCUT2D eigenvalue weighted by molar-refractivity contribution is 5.30. The fourth-order valence-electron chi connectivity index (χ4n) is 1.23. The molecule has 0 fully saturated rings. The highest BCUT2D eigenvalue weighted by Crippen LogP contribution is 2.12. The summed E-state index contributed by atoms with van der Waals surface area (Å²) in [7, 11) is 2.01. The Kier molecular flexibility index (Phi) is 22.8. The van der Waals surface area contributed by atoms with E-state index in [1.165, 1.54) is 0 Å². The second kappa shape index (κ2) is 19.6. The Morgan fingerprint density at radius 2 is 1.45 bits per heavy atom. The van der Waals surface area contributed by atoms with Gasteiger partial charge < -0.3 is 4.90 Å². The third-order valence-corrected chi connectivity index (χ3v) is 2.14. The monoisotopic (exact) mass is 275 g/mol. The van der Waals surface area contributed by atoms with Crippen molar-refractivity contribution in [2.75, 3.05) is 7.05 Å². The Bertz CT molecular complexity index is 341. The molecule has 0 amide bonds. The number of likely N-dealkylation sites (N-methyl/N-ethyl adjacent to an activating group) is 1. The molecule has 0 aromatic heterocycles. The molecule has 114 valence electrons. The van der Waals surface area contributed by atoms with Crippen LogP contribution < -0.4 is 0 Å². The smallest absolute Gasteiger partial charge is 0.0401 e. The van der Waals surface area contributed by atoms with Crippen LogP contribution in [0.4, 0.5) is 0 Å². The molecule has 20 heavy (non-hydrogen) atoms. The summed E-state index contributed by atoms with van der Waals surface area (Å²) in [6.07, 6.45) is 15.6. The van der Waals surface area contributed by atoms with Gasteiger partial charge in [0, 0.05) is 18.4 Å². The first-order valence-corrected chi connectivity index (χ1v) is 7.35. The van der Waals surface area contributed by atoms with Crippen molar-refractivity contribution in [2.24, 2.45) is 0 Å². The summed E-state index contributed by atoms with van der Waals surface area (Å²) in [5.74, 6) is 0. The Hall–Kier alpha value is -1.76. The lowest BCUT2D eigenvalue weighted by molar-refractivity contribution is 0.553. The molecule has 0 radical (unpaired) electrons. The summed E-state index contributed by atoms with van der Waals surface area (Å²) in [4.78, 5) is 2.08. The van der Waals surface area contributed by atoms with Crippen molar-refractivity contribution in [1.82, 2.24) is 4.90 Å². The largest absolute Gasteiger partial charge is 0.345 e. The molecule has 0 heterocycles. The molecule has 0 N–H and O–H groups in total. The van der Waals surface area contributed by atoms with E-state index in [-0.39, 0.29) is 0 Å². The van der Waals surface area contributed by atoms with Crippen LogP contribution in [-0.2, 0) is 0 Å². The normalized spacial score (nSPS) is 11.3. The van der Waals surface area contributed by atoms with Gasteiger partial charge in [-0.3, -0.25) is 0 Å². The summed E-state index contributed by atoms with van der Waals surface area (Å²) < 4.78 is 0. The van der Waals surface area contributed by atoms with Crippen LogP contribution in [0.15, 0.2) is 73.2 Å². The van der Waals surface area contributed by atoms with Gasteiger partial charge in [0.1, 0.15) is 0 Å². The first-order valence-electron chi connectivity index (χ1n) is 7.35. The van der Waals surface area contributed by atoms with Crippen molar-refractivity contribution in [1.29, 1.82) is 0 Å². The molecular formula is C19H33N. The summed E-state index contributed by atoms with van der Waals surface area (Å²) in [6, 6.07) is 0. The number of hydrogen-bond acceptors (Lipinski definition) is 1. The van der Waals surface area contributed by atoms with Crippen LogP contribution in [0.1, 0.15) is 41.5 Å². The Morgan fingerprint density at radius 1 is 0.900 bits per heavy atom. The van der Waals surface area contributed by atoms with E-state index in [2.05, 4.69) is 18.1 Å². The van der Waals surface area contributed by atoms with Gasteiger partial charge in [-0.25, -0.2) is 0 Å². The van der Waals surface area contributed by atoms with E-state index in [9.17, 15) is 0 Å². The summed E-state index contributed by atoms with van der Waals surface area (Å²) >= 11 is 0. The van der Waals surface area contributed by atoms with Gasteiger partial charge >= 0.3 is 0 Å². The third kappa shape index (κ3) is 11.3. The molecule has 0 saturated carbocycles. The van der Waals surface area contributed by atoms with Crippen LogP contribution in [0.5, 0.6) is 0 Å². The zero-order chi connectivity index (χ0) is 16.4. The molecule has 0 saturated heterocycles. The third-order valence-electron chi connectivity index (χ3n) is 2.14. The van der Waals surface area contributed by atoms with Gasteiger partial charge in [0.2, 0.25) is 0 Å². The Labute approximate surface area is 127 Å². The first-order chi connectivity index (χ1) is 9.71. The van der Waals surface area contributed by atoms with Gasteiger partial charge in [-0.1, -0.05) is 71.2 Å². The average Bonchev–Trinajstić information content (AvgIpc) is 2.52. The zero-order valence-corrected chi connectivity index (χ0v) is 14.5. The fraction of sp³-hybridized carbons (Fsp3) is 0.368. The molecular weight excluding hydrogens is 242 g/mol. The van der Waals surface area contributed by atoms with Crippen LogP contribution in [0.25, 0.3) is 0 Å². The van der Waals surface area contributed by atoms with Crippen molar-refractivity contribution in [3.8, 4) is 0 Å². The summed E-state index contributed by atoms with van der Waals surface area (Å²) in [6.45, 7) is 19.5. The fourth-order valence-corrected chi connectivity index (χ4v) is 1.23. The zero-order valence-electron chi connectivity index (χ0n) is 14.5. The molecule has 0 aliphatic heterocycles. The molecule has 0 aliphatic rings. The standard InChI is InChI=1S/C15H21N.2C2H6/c1-6-10-12-14(8-3)16(5)15(9-4)13-11-7-2;2*1-2/h6-13H,1,4H2,2-3,5H3;2*1-2H3/b11-7-,12-10-,14-8+,15-13+;;. The molecule has 0 rings (SSSR count). The van der Waals surface area contributed by atoms with Crippen molar-refractivity contribution >= 4 is 0 Å². The van der Waals surface area contributed by atoms with E-state index in [4.69, 9.17) is 0 Å². The molecule has 0 aromatic carbocycles. The molecule has 1 nitrogen and oxygen atoms in total. The average molecular weight is 275 g/mol. The van der Waals surface area contributed by atoms with Crippen molar-refractivity contribution < 1.29 is 0 Å². The van der Waals surface area contributed by atoms with Crippen molar-refractivity contribution in [2.45, 2.75) is 41.5 Å². The molecule has 0 spiro atoms. The van der Waals surface area contributed by atoms with Gasteiger partial charge in [0.25, 0.3) is 0 Å². The quantitative estimate of drug-likeness (QED) is 0.517. The van der Waals surface area contributed by atoms with Crippen LogP contribution in [0.3, 0.4) is 0 Å². The molecule has 0 unspecified atom stereocenters. The van der Waals surface area contributed by atoms with E-state index in [1.54, 1.807) is 6.08 Å². The maximum Gasteiger partial charge on any atom is 0.0401 e. The number of nitrogens with zero attached hydrogens (tertiary/aromatic N) is 1. The lowest BCUT2D eigenvalue weighted by Crippen LogP contribution is -2.14. The Balaban J connectivity index is -0.000000656. The van der Waals surface area contributed by atoms with E-state index in [1.807, 2.05) is 91.1 Å². The summed E-state index contributed by atoms with van der Waals surface area (Å²) in [5, 5.41) is 0. The van der Waals surface area contributed by atoms with Crippen LogP contribution in [0, 0.1) is 0 Å². The van der Waals surface area contributed by atoms with Gasteiger partial charge in [-0.2, -0.15) is 0 Å². The van der Waals surface area contributed by atoms with Gasteiger partial charge in [-0.15, -0.1) is 0 Å².